The maximum absolute atomic E-state index is 13.0. The molecule has 134 valence electrons. The van der Waals surface area contributed by atoms with E-state index in [-0.39, 0.29) is 18.0 Å². The maximum atomic E-state index is 13.0. The average Bonchev–Trinajstić information content (AvgIpc) is 2.95. The number of hydrogen-bond acceptors (Lipinski definition) is 6. The zero-order valence-corrected chi connectivity index (χ0v) is 14.6. The van der Waals surface area contributed by atoms with Crippen LogP contribution >= 0.6 is 0 Å². The van der Waals surface area contributed by atoms with Crippen LogP contribution in [-0.2, 0) is 27.9 Å². The Morgan fingerprint density at radius 1 is 1.32 bits per heavy atom. The molecule has 1 atom stereocenters. The van der Waals surface area contributed by atoms with Crippen molar-refractivity contribution in [3.05, 3.63) is 35.9 Å². The van der Waals surface area contributed by atoms with E-state index in [9.17, 15) is 18.3 Å². The molecule has 0 spiro atoms. The second-order valence-corrected chi connectivity index (χ2v) is 7.47. The van der Waals surface area contributed by atoms with Crippen molar-refractivity contribution in [1.82, 2.24) is 19.1 Å². The van der Waals surface area contributed by atoms with Gasteiger partial charge in [-0.05, 0) is 38.1 Å². The molecule has 0 saturated carbocycles. The van der Waals surface area contributed by atoms with Crippen molar-refractivity contribution in [2.45, 2.75) is 37.9 Å². The first-order valence-electron chi connectivity index (χ1n) is 7.70. The standard InChI is InChI=1S/C15H18N4O5S/c1-3-24-11-4-6-12(7-5-11)25(22,23)19-9-14-17-16-10(2)18(14)8-13(19)15(20)21/h4-7,13H,3,8-9H2,1-2H3,(H,20,21). The van der Waals surface area contributed by atoms with Crippen molar-refractivity contribution in [2.24, 2.45) is 0 Å². The number of rotatable bonds is 5. The monoisotopic (exact) mass is 366 g/mol. The fraction of sp³-hybridized carbons (Fsp3) is 0.400. The van der Waals surface area contributed by atoms with Gasteiger partial charge in [-0.1, -0.05) is 0 Å². The summed E-state index contributed by atoms with van der Waals surface area (Å²) in [5.41, 5.74) is 0. The Bertz CT molecular complexity index is 891. The number of aromatic nitrogens is 3. The minimum Gasteiger partial charge on any atom is -0.494 e. The molecule has 0 radical (unpaired) electrons. The molecule has 2 heterocycles. The summed E-state index contributed by atoms with van der Waals surface area (Å²) in [5.74, 6) is 0.308. The molecular weight excluding hydrogens is 348 g/mol. The summed E-state index contributed by atoms with van der Waals surface area (Å²) >= 11 is 0. The minimum atomic E-state index is -4.01. The third-order valence-electron chi connectivity index (χ3n) is 4.04. The van der Waals surface area contributed by atoms with E-state index in [2.05, 4.69) is 10.2 Å². The van der Waals surface area contributed by atoms with Gasteiger partial charge < -0.3 is 14.4 Å². The Hall–Kier alpha value is -2.46. The zero-order chi connectivity index (χ0) is 18.2. The van der Waals surface area contributed by atoms with Gasteiger partial charge >= 0.3 is 5.97 Å². The van der Waals surface area contributed by atoms with Gasteiger partial charge in [0.2, 0.25) is 10.0 Å². The SMILES string of the molecule is CCOc1ccc(S(=O)(=O)N2Cc3nnc(C)n3CC2C(=O)O)cc1. The second-order valence-electron chi connectivity index (χ2n) is 5.58. The fourth-order valence-electron chi connectivity index (χ4n) is 2.76. The van der Waals surface area contributed by atoms with E-state index >= 15 is 0 Å². The van der Waals surface area contributed by atoms with Crippen LogP contribution < -0.4 is 4.74 Å². The lowest BCUT2D eigenvalue weighted by molar-refractivity contribution is -0.142. The first-order valence-corrected chi connectivity index (χ1v) is 9.14. The Labute approximate surface area is 144 Å². The number of ether oxygens (including phenoxy) is 1. The second kappa shape index (κ2) is 6.45. The number of sulfonamides is 1. The smallest absolute Gasteiger partial charge is 0.323 e. The number of hydrogen-bond donors (Lipinski definition) is 1. The highest BCUT2D eigenvalue weighted by atomic mass is 32.2. The highest BCUT2D eigenvalue weighted by Crippen LogP contribution is 2.27. The molecule has 25 heavy (non-hydrogen) atoms. The number of carboxylic acids is 1. The molecule has 9 nitrogen and oxygen atoms in total. The molecule has 1 aromatic carbocycles. The summed E-state index contributed by atoms with van der Waals surface area (Å²) in [6.45, 7) is 3.82. The van der Waals surface area contributed by atoms with Crippen molar-refractivity contribution in [3.8, 4) is 5.75 Å². The first-order chi connectivity index (χ1) is 11.8. The van der Waals surface area contributed by atoms with Crippen molar-refractivity contribution in [3.63, 3.8) is 0 Å². The van der Waals surface area contributed by atoms with Crippen LogP contribution in [0.4, 0.5) is 0 Å². The van der Waals surface area contributed by atoms with Gasteiger partial charge in [0.15, 0.2) is 0 Å². The molecule has 10 heteroatoms. The third kappa shape index (κ3) is 3.10. The Kier molecular flexibility index (Phi) is 4.48. The molecule has 3 rings (SSSR count). The minimum absolute atomic E-state index is 0.00638. The van der Waals surface area contributed by atoms with Crippen LogP contribution in [0, 0.1) is 6.92 Å². The van der Waals surface area contributed by atoms with E-state index in [0.717, 1.165) is 4.31 Å². The van der Waals surface area contributed by atoms with E-state index in [4.69, 9.17) is 4.74 Å². The predicted molar refractivity (Wildman–Crippen MR) is 86.5 cm³/mol. The van der Waals surface area contributed by atoms with Gasteiger partial charge in [0, 0.05) is 0 Å². The fourth-order valence-corrected chi connectivity index (χ4v) is 4.28. The molecule has 0 amide bonds. The number of carboxylic acid groups (broad SMARTS) is 1. The van der Waals surface area contributed by atoms with Crippen molar-refractivity contribution < 1.29 is 23.1 Å². The van der Waals surface area contributed by atoms with Gasteiger partial charge in [-0.15, -0.1) is 10.2 Å². The quantitative estimate of drug-likeness (QED) is 0.826. The molecule has 0 aliphatic carbocycles. The predicted octanol–water partition coefficient (Wildman–Crippen LogP) is 0.643. The molecule has 0 fully saturated rings. The van der Waals surface area contributed by atoms with Crippen LogP contribution in [0.2, 0.25) is 0 Å². The molecule has 0 saturated heterocycles. The number of carbonyl (C=O) groups is 1. The van der Waals surface area contributed by atoms with Crippen LogP contribution in [0.15, 0.2) is 29.2 Å². The number of nitrogens with zero attached hydrogens (tertiary/aromatic N) is 4. The summed E-state index contributed by atoms with van der Waals surface area (Å²) < 4.78 is 33.8. The molecule has 2 aromatic rings. The summed E-state index contributed by atoms with van der Waals surface area (Å²) in [7, 11) is -4.01. The molecule has 1 aliphatic rings. The highest BCUT2D eigenvalue weighted by Gasteiger charge is 2.41. The Balaban J connectivity index is 1.98. The van der Waals surface area contributed by atoms with Crippen LogP contribution in [0.25, 0.3) is 0 Å². The Morgan fingerprint density at radius 2 is 2.00 bits per heavy atom. The lowest BCUT2D eigenvalue weighted by Crippen LogP contribution is -2.50. The maximum Gasteiger partial charge on any atom is 0.323 e. The average molecular weight is 366 g/mol. The summed E-state index contributed by atoms with van der Waals surface area (Å²) in [6.07, 6.45) is 0. The summed E-state index contributed by atoms with van der Waals surface area (Å²) in [6, 6.07) is 4.68. The molecular formula is C15H18N4O5S. The van der Waals surface area contributed by atoms with Crippen molar-refractivity contribution in [1.29, 1.82) is 0 Å². The molecule has 1 aliphatic heterocycles. The van der Waals surface area contributed by atoms with Gasteiger partial charge in [-0.2, -0.15) is 4.31 Å². The van der Waals surface area contributed by atoms with Crippen LogP contribution in [0.3, 0.4) is 0 Å². The Morgan fingerprint density at radius 3 is 2.60 bits per heavy atom. The van der Waals surface area contributed by atoms with Crippen molar-refractivity contribution >= 4 is 16.0 Å². The largest absolute Gasteiger partial charge is 0.494 e. The summed E-state index contributed by atoms with van der Waals surface area (Å²) in [5, 5.41) is 17.3. The molecule has 1 aromatic heterocycles. The molecule has 1 unspecified atom stereocenters. The number of benzene rings is 1. The topological polar surface area (TPSA) is 115 Å². The number of aryl methyl sites for hydroxylation is 1. The normalized spacial score (nSPS) is 17.9. The zero-order valence-electron chi connectivity index (χ0n) is 13.8. The van der Waals surface area contributed by atoms with E-state index < -0.39 is 22.0 Å². The van der Waals surface area contributed by atoms with Crippen LogP contribution in [-0.4, -0.2) is 51.2 Å². The van der Waals surface area contributed by atoms with Crippen molar-refractivity contribution in [2.75, 3.05) is 6.61 Å². The van der Waals surface area contributed by atoms with Gasteiger partial charge in [0.05, 0.1) is 24.6 Å². The van der Waals surface area contributed by atoms with Crippen LogP contribution in [0.5, 0.6) is 5.75 Å². The van der Waals surface area contributed by atoms with Gasteiger partial charge in [-0.3, -0.25) is 4.79 Å². The van der Waals surface area contributed by atoms with E-state index in [1.807, 2.05) is 6.92 Å². The lowest BCUT2D eigenvalue weighted by atomic mass is 10.2. The summed E-state index contributed by atoms with van der Waals surface area (Å²) in [4.78, 5) is 11.7. The number of fused-ring (bicyclic) bond motifs is 1. The van der Waals surface area contributed by atoms with Gasteiger partial charge in [0.1, 0.15) is 23.4 Å². The van der Waals surface area contributed by atoms with E-state index in [1.165, 1.54) is 12.1 Å². The van der Waals surface area contributed by atoms with E-state index in [0.29, 0.717) is 24.0 Å². The number of aliphatic carboxylic acids is 1. The van der Waals surface area contributed by atoms with Crippen LogP contribution in [0.1, 0.15) is 18.6 Å². The van der Waals surface area contributed by atoms with Gasteiger partial charge in [0.25, 0.3) is 0 Å². The lowest BCUT2D eigenvalue weighted by Gasteiger charge is -2.32. The first kappa shape index (κ1) is 17.4. The molecule has 1 N–H and O–H groups in total. The molecule has 0 bridgehead atoms. The third-order valence-corrected chi connectivity index (χ3v) is 5.91. The van der Waals surface area contributed by atoms with Gasteiger partial charge in [-0.25, -0.2) is 8.42 Å². The van der Waals surface area contributed by atoms with E-state index in [1.54, 1.807) is 23.6 Å². The highest BCUT2D eigenvalue weighted by molar-refractivity contribution is 7.89.